The molecule has 3 nitrogen and oxygen atoms in total. The third-order valence-electron chi connectivity index (χ3n) is 1.70. The summed E-state index contributed by atoms with van der Waals surface area (Å²) in [6.07, 6.45) is 1.95. The van der Waals surface area contributed by atoms with E-state index in [0.717, 1.165) is 0 Å². The van der Waals surface area contributed by atoms with Crippen molar-refractivity contribution in [1.82, 2.24) is 0 Å². The van der Waals surface area contributed by atoms with Gasteiger partial charge in [-0.2, -0.15) is 0 Å². The number of carbonyl (C=O) groups excluding carboxylic acids is 2. The average Bonchev–Trinajstić information content (AvgIpc) is 2.03. The number of ether oxygens (including phenoxy) is 1. The topological polar surface area (TPSA) is 43.4 Å². The molecular formula is C10H15ClO3. The van der Waals surface area contributed by atoms with Crippen molar-refractivity contribution < 1.29 is 14.3 Å². The van der Waals surface area contributed by atoms with Crippen molar-refractivity contribution in [1.29, 1.82) is 0 Å². The predicted molar refractivity (Wildman–Crippen MR) is 55.0 cm³/mol. The summed E-state index contributed by atoms with van der Waals surface area (Å²) in [6, 6.07) is 0. The molecule has 0 saturated heterocycles. The van der Waals surface area contributed by atoms with Gasteiger partial charge in [0.2, 0.25) is 0 Å². The van der Waals surface area contributed by atoms with Gasteiger partial charge in [0.25, 0.3) is 0 Å². The fourth-order valence-corrected chi connectivity index (χ4v) is 1.04. The van der Waals surface area contributed by atoms with Crippen molar-refractivity contribution in [2.75, 3.05) is 6.61 Å². The molecule has 4 heteroatoms. The summed E-state index contributed by atoms with van der Waals surface area (Å²) in [5.74, 6) is -1.39. The van der Waals surface area contributed by atoms with Gasteiger partial charge in [-0.1, -0.05) is 17.7 Å². The molecule has 0 N–H and O–H groups in total. The highest BCUT2D eigenvalue weighted by atomic mass is 35.5. The van der Waals surface area contributed by atoms with Crippen molar-refractivity contribution in [3.8, 4) is 0 Å². The summed E-state index contributed by atoms with van der Waals surface area (Å²) in [4.78, 5) is 22.4. The minimum absolute atomic E-state index is 0.197. The summed E-state index contributed by atoms with van der Waals surface area (Å²) in [5, 5.41) is 0.570. The Balaban J connectivity index is 4.37. The summed E-state index contributed by atoms with van der Waals surface area (Å²) >= 11 is 5.61. The van der Waals surface area contributed by atoms with Gasteiger partial charge in [-0.05, 0) is 27.2 Å². The number of carbonyl (C=O) groups is 2. The third-order valence-corrected chi connectivity index (χ3v) is 1.85. The van der Waals surface area contributed by atoms with E-state index in [4.69, 9.17) is 16.3 Å². The van der Waals surface area contributed by atoms with E-state index in [0.29, 0.717) is 11.5 Å². The normalized spacial score (nSPS) is 13.6. The highest BCUT2D eigenvalue weighted by Gasteiger charge is 2.23. The lowest BCUT2D eigenvalue weighted by Gasteiger charge is -2.09. The predicted octanol–water partition coefficient (Wildman–Crippen LogP) is 2.29. The summed E-state index contributed by atoms with van der Waals surface area (Å²) in [5.41, 5.74) is 0. The molecule has 0 spiro atoms. The van der Waals surface area contributed by atoms with Gasteiger partial charge in [0.15, 0.2) is 0 Å². The number of rotatable bonds is 5. The lowest BCUT2D eigenvalue weighted by Crippen LogP contribution is -2.23. The van der Waals surface area contributed by atoms with Crippen LogP contribution >= 0.6 is 11.6 Å². The first kappa shape index (κ1) is 13.2. The summed E-state index contributed by atoms with van der Waals surface area (Å²) in [6.45, 7) is 5.06. The van der Waals surface area contributed by atoms with Crippen molar-refractivity contribution >= 4 is 23.4 Å². The van der Waals surface area contributed by atoms with Crippen LogP contribution < -0.4 is 0 Å². The Bertz CT molecular complexity index is 242. The lowest BCUT2D eigenvalue weighted by atomic mass is 10.0. The number of Topliss-reactive ketones (excluding diaryl/α,β-unsaturated/α-hetero) is 1. The third kappa shape index (κ3) is 5.02. The molecule has 0 bridgehead atoms. The molecule has 0 amide bonds. The molecule has 14 heavy (non-hydrogen) atoms. The van der Waals surface area contributed by atoms with Gasteiger partial charge < -0.3 is 4.74 Å². The Morgan fingerprint density at radius 2 is 2.00 bits per heavy atom. The highest BCUT2D eigenvalue weighted by Crippen LogP contribution is 2.11. The molecule has 1 unspecified atom stereocenters. The quantitative estimate of drug-likeness (QED) is 0.525. The number of hydrogen-bond donors (Lipinski definition) is 0. The second-order valence-corrected chi connectivity index (χ2v) is 3.54. The van der Waals surface area contributed by atoms with Crippen LogP contribution in [0.15, 0.2) is 11.1 Å². The van der Waals surface area contributed by atoms with E-state index in [1.807, 2.05) is 0 Å². The molecule has 0 rings (SSSR count). The maximum Gasteiger partial charge on any atom is 0.316 e. The van der Waals surface area contributed by atoms with Crippen LogP contribution in [-0.2, 0) is 14.3 Å². The van der Waals surface area contributed by atoms with Crippen LogP contribution in [0.25, 0.3) is 0 Å². The number of hydrogen-bond acceptors (Lipinski definition) is 3. The van der Waals surface area contributed by atoms with Crippen LogP contribution in [0.5, 0.6) is 0 Å². The first-order chi connectivity index (χ1) is 6.49. The largest absolute Gasteiger partial charge is 0.465 e. The standard InChI is InChI=1S/C10H15ClO3/c1-4-14-10(13)9(8(3)12)6-5-7(2)11/h5,9H,4,6H2,1-3H3. The first-order valence-corrected chi connectivity index (χ1v) is 4.86. The van der Waals surface area contributed by atoms with E-state index in [1.165, 1.54) is 6.92 Å². The highest BCUT2D eigenvalue weighted by molar-refractivity contribution is 6.29. The van der Waals surface area contributed by atoms with Gasteiger partial charge in [-0.15, -0.1) is 0 Å². The first-order valence-electron chi connectivity index (χ1n) is 4.48. The van der Waals surface area contributed by atoms with E-state index in [2.05, 4.69) is 0 Å². The van der Waals surface area contributed by atoms with Gasteiger partial charge in [0.05, 0.1) is 6.61 Å². The minimum Gasteiger partial charge on any atom is -0.465 e. The van der Waals surface area contributed by atoms with Crippen LogP contribution in [0.2, 0.25) is 0 Å². The maximum atomic E-state index is 11.3. The fraction of sp³-hybridized carbons (Fsp3) is 0.600. The lowest BCUT2D eigenvalue weighted by molar-refractivity contribution is -0.150. The van der Waals surface area contributed by atoms with Crippen molar-refractivity contribution in [2.45, 2.75) is 27.2 Å². The molecule has 0 fully saturated rings. The van der Waals surface area contributed by atoms with Crippen LogP contribution in [0.4, 0.5) is 0 Å². The smallest absolute Gasteiger partial charge is 0.316 e. The molecule has 0 radical (unpaired) electrons. The SMILES string of the molecule is CCOC(=O)C(CC=C(C)Cl)C(C)=O. The molecule has 0 aliphatic heterocycles. The number of allylic oxidation sites excluding steroid dienone is 2. The second-order valence-electron chi connectivity index (χ2n) is 2.94. The molecule has 0 aliphatic rings. The molecule has 0 aromatic heterocycles. The average molecular weight is 219 g/mol. The van der Waals surface area contributed by atoms with Gasteiger partial charge >= 0.3 is 5.97 Å². The Kier molecular flexibility index (Phi) is 6.21. The molecule has 0 aromatic carbocycles. The number of ketones is 1. The molecule has 0 heterocycles. The van der Waals surface area contributed by atoms with Gasteiger partial charge in [-0.3, -0.25) is 9.59 Å². The van der Waals surface area contributed by atoms with Crippen LogP contribution in [0.1, 0.15) is 27.2 Å². The molecule has 0 aromatic rings. The van der Waals surface area contributed by atoms with Crippen LogP contribution in [-0.4, -0.2) is 18.4 Å². The van der Waals surface area contributed by atoms with Gasteiger partial charge in [-0.25, -0.2) is 0 Å². The van der Waals surface area contributed by atoms with Crippen LogP contribution in [0, 0.1) is 5.92 Å². The molecular weight excluding hydrogens is 204 g/mol. The van der Waals surface area contributed by atoms with E-state index in [-0.39, 0.29) is 12.4 Å². The zero-order chi connectivity index (χ0) is 11.1. The van der Waals surface area contributed by atoms with Crippen LogP contribution in [0.3, 0.4) is 0 Å². The van der Waals surface area contributed by atoms with E-state index in [9.17, 15) is 9.59 Å². The zero-order valence-electron chi connectivity index (χ0n) is 8.67. The molecule has 80 valence electrons. The summed E-state index contributed by atoms with van der Waals surface area (Å²) < 4.78 is 4.77. The van der Waals surface area contributed by atoms with Crippen molar-refractivity contribution in [3.63, 3.8) is 0 Å². The fourth-order valence-electron chi connectivity index (χ4n) is 0.951. The van der Waals surface area contributed by atoms with Gasteiger partial charge in [0, 0.05) is 5.03 Å². The molecule has 1 atom stereocenters. The Morgan fingerprint density at radius 1 is 1.43 bits per heavy atom. The molecule has 0 saturated carbocycles. The second kappa shape index (κ2) is 6.60. The van der Waals surface area contributed by atoms with Gasteiger partial charge in [0.1, 0.15) is 11.7 Å². The zero-order valence-corrected chi connectivity index (χ0v) is 9.43. The number of esters is 1. The number of halogens is 1. The van der Waals surface area contributed by atoms with E-state index >= 15 is 0 Å². The van der Waals surface area contributed by atoms with Crippen molar-refractivity contribution in [2.24, 2.45) is 5.92 Å². The summed E-state index contributed by atoms with van der Waals surface area (Å²) in [7, 11) is 0. The van der Waals surface area contributed by atoms with Crippen molar-refractivity contribution in [3.05, 3.63) is 11.1 Å². The minimum atomic E-state index is -0.719. The monoisotopic (exact) mass is 218 g/mol. The molecule has 0 aliphatic carbocycles. The maximum absolute atomic E-state index is 11.3. The van der Waals surface area contributed by atoms with E-state index in [1.54, 1.807) is 19.9 Å². The Morgan fingerprint density at radius 3 is 2.36 bits per heavy atom. The van der Waals surface area contributed by atoms with E-state index < -0.39 is 11.9 Å². The Hall–Kier alpha value is -0.830. The Labute approximate surface area is 89.1 Å².